The second-order valence-electron chi connectivity index (χ2n) is 5.30. The van der Waals surface area contributed by atoms with Gasteiger partial charge in [-0.25, -0.2) is 0 Å². The highest BCUT2D eigenvalue weighted by atomic mass is 16.2. The molecule has 1 N–H and O–H groups in total. The number of amides is 1. The maximum atomic E-state index is 11.5. The standard InChI is InChI=1S/C13H26N2O/c1-5-14-13(16)9-15-7-6-12(10(2)3)8-11(15)4/h10-12H,5-9H2,1-4H3,(H,14,16). The zero-order valence-corrected chi connectivity index (χ0v) is 11.1. The number of hydrogen-bond acceptors (Lipinski definition) is 2. The normalized spacial score (nSPS) is 27.1. The molecule has 0 spiro atoms. The molecule has 1 fully saturated rings. The van der Waals surface area contributed by atoms with Crippen LogP contribution in [0.3, 0.4) is 0 Å². The van der Waals surface area contributed by atoms with Gasteiger partial charge in [-0.15, -0.1) is 0 Å². The summed E-state index contributed by atoms with van der Waals surface area (Å²) < 4.78 is 0. The maximum Gasteiger partial charge on any atom is 0.234 e. The Bertz CT molecular complexity index is 228. The van der Waals surface area contributed by atoms with Gasteiger partial charge in [0.25, 0.3) is 0 Å². The van der Waals surface area contributed by atoms with Crippen molar-refractivity contribution in [3.05, 3.63) is 0 Å². The SMILES string of the molecule is CCNC(=O)CN1CCC(C(C)C)CC1C. The Morgan fingerprint density at radius 1 is 1.50 bits per heavy atom. The lowest BCUT2D eigenvalue weighted by Gasteiger charge is -2.38. The number of nitrogens with zero attached hydrogens (tertiary/aromatic N) is 1. The molecule has 1 heterocycles. The lowest BCUT2D eigenvalue weighted by atomic mass is 9.83. The first kappa shape index (κ1) is 13.5. The zero-order chi connectivity index (χ0) is 12.1. The molecular formula is C13H26N2O. The van der Waals surface area contributed by atoms with Gasteiger partial charge < -0.3 is 5.32 Å². The van der Waals surface area contributed by atoms with Crippen molar-refractivity contribution >= 4 is 5.91 Å². The summed E-state index contributed by atoms with van der Waals surface area (Å²) in [5.41, 5.74) is 0. The van der Waals surface area contributed by atoms with Crippen LogP contribution in [0.25, 0.3) is 0 Å². The van der Waals surface area contributed by atoms with E-state index < -0.39 is 0 Å². The third-order valence-electron chi connectivity index (χ3n) is 3.72. The van der Waals surface area contributed by atoms with Crippen LogP contribution in [0.1, 0.15) is 40.5 Å². The van der Waals surface area contributed by atoms with Crippen LogP contribution >= 0.6 is 0 Å². The zero-order valence-electron chi connectivity index (χ0n) is 11.1. The van der Waals surface area contributed by atoms with E-state index in [0.717, 1.165) is 24.9 Å². The second-order valence-corrected chi connectivity index (χ2v) is 5.30. The second kappa shape index (κ2) is 6.24. The number of rotatable bonds is 4. The Labute approximate surface area is 99.6 Å². The molecule has 0 aromatic rings. The molecule has 0 aliphatic carbocycles. The van der Waals surface area contributed by atoms with E-state index in [1.807, 2.05) is 6.92 Å². The van der Waals surface area contributed by atoms with E-state index in [1.54, 1.807) is 0 Å². The largest absolute Gasteiger partial charge is 0.355 e. The Hall–Kier alpha value is -0.570. The first-order valence-electron chi connectivity index (χ1n) is 6.55. The molecule has 0 radical (unpaired) electrons. The van der Waals surface area contributed by atoms with Gasteiger partial charge in [0.2, 0.25) is 5.91 Å². The van der Waals surface area contributed by atoms with Gasteiger partial charge in [-0.2, -0.15) is 0 Å². The van der Waals surface area contributed by atoms with Gasteiger partial charge >= 0.3 is 0 Å². The third kappa shape index (κ3) is 3.78. The molecule has 0 aromatic carbocycles. The van der Waals surface area contributed by atoms with Gasteiger partial charge in [0, 0.05) is 12.6 Å². The number of likely N-dealkylation sites (tertiary alicyclic amines) is 1. The molecule has 2 unspecified atom stereocenters. The van der Waals surface area contributed by atoms with Crippen molar-refractivity contribution in [3.63, 3.8) is 0 Å². The molecule has 94 valence electrons. The molecule has 3 heteroatoms. The van der Waals surface area contributed by atoms with E-state index in [1.165, 1.54) is 12.8 Å². The highest BCUT2D eigenvalue weighted by Gasteiger charge is 2.27. The minimum Gasteiger partial charge on any atom is -0.355 e. The Morgan fingerprint density at radius 3 is 2.69 bits per heavy atom. The van der Waals surface area contributed by atoms with Crippen LogP contribution in [0.2, 0.25) is 0 Å². The molecule has 1 aliphatic heterocycles. The van der Waals surface area contributed by atoms with Gasteiger partial charge in [0.15, 0.2) is 0 Å². The number of carbonyl (C=O) groups excluding carboxylic acids is 1. The van der Waals surface area contributed by atoms with Crippen LogP contribution in [-0.2, 0) is 4.79 Å². The van der Waals surface area contributed by atoms with Gasteiger partial charge in [0.1, 0.15) is 0 Å². The van der Waals surface area contributed by atoms with Crippen molar-refractivity contribution in [1.29, 1.82) is 0 Å². The Morgan fingerprint density at radius 2 is 2.19 bits per heavy atom. The minimum atomic E-state index is 0.164. The van der Waals surface area contributed by atoms with Crippen molar-refractivity contribution in [2.24, 2.45) is 11.8 Å². The molecule has 16 heavy (non-hydrogen) atoms. The molecule has 1 aliphatic rings. The average molecular weight is 226 g/mol. The molecule has 1 amide bonds. The monoisotopic (exact) mass is 226 g/mol. The molecule has 0 aromatic heterocycles. The van der Waals surface area contributed by atoms with E-state index in [2.05, 4.69) is 31.0 Å². The fourth-order valence-corrected chi connectivity index (χ4v) is 2.54. The summed E-state index contributed by atoms with van der Waals surface area (Å²) in [4.78, 5) is 13.8. The first-order valence-corrected chi connectivity index (χ1v) is 6.55. The van der Waals surface area contributed by atoms with Gasteiger partial charge in [-0.3, -0.25) is 9.69 Å². The lowest BCUT2D eigenvalue weighted by Crippen LogP contribution is -2.46. The minimum absolute atomic E-state index is 0.164. The lowest BCUT2D eigenvalue weighted by molar-refractivity contribution is -0.123. The predicted molar refractivity (Wildman–Crippen MR) is 67.3 cm³/mol. The fraction of sp³-hybridized carbons (Fsp3) is 0.923. The molecule has 0 saturated carbocycles. The van der Waals surface area contributed by atoms with Crippen LogP contribution in [-0.4, -0.2) is 36.5 Å². The van der Waals surface area contributed by atoms with Crippen molar-refractivity contribution in [3.8, 4) is 0 Å². The third-order valence-corrected chi connectivity index (χ3v) is 3.72. The topological polar surface area (TPSA) is 32.3 Å². The number of nitrogens with one attached hydrogen (secondary N) is 1. The summed E-state index contributed by atoms with van der Waals surface area (Å²) in [7, 11) is 0. The van der Waals surface area contributed by atoms with Crippen LogP contribution in [0, 0.1) is 11.8 Å². The van der Waals surface area contributed by atoms with Crippen LogP contribution in [0.4, 0.5) is 0 Å². The van der Waals surface area contributed by atoms with E-state index in [4.69, 9.17) is 0 Å². The summed E-state index contributed by atoms with van der Waals surface area (Å²) in [6.07, 6.45) is 2.47. The molecule has 1 rings (SSSR count). The van der Waals surface area contributed by atoms with Crippen molar-refractivity contribution in [1.82, 2.24) is 10.2 Å². The van der Waals surface area contributed by atoms with Crippen molar-refractivity contribution < 1.29 is 4.79 Å². The fourth-order valence-electron chi connectivity index (χ4n) is 2.54. The van der Waals surface area contributed by atoms with Crippen molar-refractivity contribution in [2.45, 2.75) is 46.6 Å². The van der Waals surface area contributed by atoms with E-state index in [-0.39, 0.29) is 5.91 Å². The van der Waals surface area contributed by atoms with Gasteiger partial charge in [-0.1, -0.05) is 13.8 Å². The van der Waals surface area contributed by atoms with Gasteiger partial charge in [-0.05, 0) is 45.1 Å². The molecule has 3 nitrogen and oxygen atoms in total. The van der Waals surface area contributed by atoms with Crippen LogP contribution < -0.4 is 5.32 Å². The van der Waals surface area contributed by atoms with Crippen molar-refractivity contribution in [2.75, 3.05) is 19.6 Å². The summed E-state index contributed by atoms with van der Waals surface area (Å²) in [5, 5.41) is 2.87. The summed E-state index contributed by atoms with van der Waals surface area (Å²) in [6, 6.07) is 0.545. The highest BCUT2D eigenvalue weighted by molar-refractivity contribution is 5.77. The summed E-state index contributed by atoms with van der Waals surface area (Å²) >= 11 is 0. The number of hydrogen-bond donors (Lipinski definition) is 1. The predicted octanol–water partition coefficient (Wildman–Crippen LogP) is 1.88. The summed E-state index contributed by atoms with van der Waals surface area (Å²) in [5.74, 6) is 1.77. The quantitative estimate of drug-likeness (QED) is 0.794. The highest BCUT2D eigenvalue weighted by Crippen LogP contribution is 2.28. The Kier molecular flexibility index (Phi) is 5.26. The molecule has 1 saturated heterocycles. The maximum absolute atomic E-state index is 11.5. The molecule has 2 atom stereocenters. The molecular weight excluding hydrogens is 200 g/mol. The molecule has 0 bridgehead atoms. The number of likely N-dealkylation sites (N-methyl/N-ethyl adjacent to an activating group) is 1. The number of carbonyl (C=O) groups is 1. The van der Waals surface area contributed by atoms with Crippen LogP contribution in [0.5, 0.6) is 0 Å². The summed E-state index contributed by atoms with van der Waals surface area (Å²) in [6.45, 7) is 11.2. The smallest absolute Gasteiger partial charge is 0.234 e. The van der Waals surface area contributed by atoms with Crippen LogP contribution in [0.15, 0.2) is 0 Å². The van der Waals surface area contributed by atoms with E-state index in [9.17, 15) is 4.79 Å². The van der Waals surface area contributed by atoms with E-state index >= 15 is 0 Å². The first-order chi connectivity index (χ1) is 7.54. The van der Waals surface area contributed by atoms with E-state index in [0.29, 0.717) is 12.6 Å². The van der Waals surface area contributed by atoms with Gasteiger partial charge in [0.05, 0.1) is 6.54 Å². The Balaban J connectivity index is 2.38. The number of piperidine rings is 1. The average Bonchev–Trinajstić information content (AvgIpc) is 2.21.